The van der Waals surface area contributed by atoms with Gasteiger partial charge in [0.15, 0.2) is 15.7 Å². The van der Waals surface area contributed by atoms with E-state index in [-0.39, 0.29) is 5.75 Å². The maximum atomic E-state index is 12.6. The molecule has 2 aliphatic heterocycles. The lowest BCUT2D eigenvalue weighted by Gasteiger charge is -2.28. The van der Waals surface area contributed by atoms with Gasteiger partial charge in [-0.15, -0.1) is 0 Å². The summed E-state index contributed by atoms with van der Waals surface area (Å²) in [4.78, 5) is 2.21. The third-order valence-electron chi connectivity index (χ3n) is 3.12. The van der Waals surface area contributed by atoms with E-state index >= 15 is 0 Å². The van der Waals surface area contributed by atoms with Gasteiger partial charge in [0.2, 0.25) is 0 Å². The standard InChI is InChI=1S/C14H14N2O2S2/c17-20(18,11-12-5-2-1-3-6-12)13-7-4-8-16-9-10-19-15-14(13)16/h1-8H,9-11H2. The van der Waals surface area contributed by atoms with Crippen molar-refractivity contribution in [2.75, 3.05) is 12.3 Å². The molecular formula is C14H14N2O2S2. The van der Waals surface area contributed by atoms with E-state index in [2.05, 4.69) is 4.40 Å². The van der Waals surface area contributed by atoms with Crippen molar-refractivity contribution in [1.82, 2.24) is 4.90 Å². The van der Waals surface area contributed by atoms with Crippen molar-refractivity contribution in [2.45, 2.75) is 5.75 Å². The summed E-state index contributed by atoms with van der Waals surface area (Å²) >= 11 is 1.41. The number of sulfone groups is 1. The van der Waals surface area contributed by atoms with Crippen molar-refractivity contribution in [3.05, 3.63) is 59.2 Å². The topological polar surface area (TPSA) is 49.7 Å². The Kier molecular flexibility index (Phi) is 3.67. The Morgan fingerprint density at radius 2 is 2.05 bits per heavy atom. The molecule has 0 fully saturated rings. The Bertz CT molecular complexity index is 691. The average Bonchev–Trinajstić information content (AvgIpc) is 2.47. The molecule has 0 saturated carbocycles. The van der Waals surface area contributed by atoms with Crippen LogP contribution in [-0.4, -0.2) is 31.5 Å². The van der Waals surface area contributed by atoms with Crippen molar-refractivity contribution in [3.8, 4) is 0 Å². The molecule has 0 spiro atoms. The predicted octanol–water partition coefficient (Wildman–Crippen LogP) is 2.37. The molecule has 0 aliphatic carbocycles. The van der Waals surface area contributed by atoms with Crippen molar-refractivity contribution < 1.29 is 8.42 Å². The number of nitrogens with zero attached hydrogens (tertiary/aromatic N) is 2. The Balaban J connectivity index is 1.93. The van der Waals surface area contributed by atoms with Gasteiger partial charge < -0.3 is 4.90 Å². The van der Waals surface area contributed by atoms with Gasteiger partial charge in [-0.2, -0.15) is 4.40 Å². The Morgan fingerprint density at radius 1 is 1.25 bits per heavy atom. The minimum absolute atomic E-state index is 0.00500. The maximum Gasteiger partial charge on any atom is 0.186 e. The van der Waals surface area contributed by atoms with Gasteiger partial charge in [0.05, 0.1) is 5.75 Å². The largest absolute Gasteiger partial charge is 0.331 e. The highest BCUT2D eigenvalue weighted by molar-refractivity contribution is 7.98. The van der Waals surface area contributed by atoms with Crippen LogP contribution in [0.5, 0.6) is 0 Å². The second-order valence-corrected chi connectivity index (χ2v) is 7.37. The van der Waals surface area contributed by atoms with E-state index in [1.165, 1.54) is 11.9 Å². The van der Waals surface area contributed by atoms with Gasteiger partial charge in [-0.3, -0.25) is 0 Å². The van der Waals surface area contributed by atoms with E-state index in [9.17, 15) is 8.42 Å². The molecule has 1 aromatic carbocycles. The predicted molar refractivity (Wildman–Crippen MR) is 82.9 cm³/mol. The molecule has 20 heavy (non-hydrogen) atoms. The number of benzene rings is 1. The summed E-state index contributed by atoms with van der Waals surface area (Å²) < 4.78 is 29.5. The van der Waals surface area contributed by atoms with Gasteiger partial charge in [-0.05, 0) is 29.7 Å². The summed E-state index contributed by atoms with van der Waals surface area (Å²) in [6, 6.07) is 9.22. The van der Waals surface area contributed by atoms with E-state index < -0.39 is 9.84 Å². The Hall–Kier alpha value is -1.53. The number of hydrogen-bond acceptors (Lipinski definition) is 5. The molecule has 0 radical (unpaired) electrons. The first-order valence-corrected chi connectivity index (χ1v) is 8.88. The lowest BCUT2D eigenvalue weighted by atomic mass is 10.2. The van der Waals surface area contributed by atoms with Gasteiger partial charge in [0.25, 0.3) is 0 Å². The van der Waals surface area contributed by atoms with Crippen LogP contribution in [0.3, 0.4) is 0 Å². The molecule has 3 rings (SSSR count). The van der Waals surface area contributed by atoms with Gasteiger partial charge in [-0.25, -0.2) is 8.42 Å². The van der Waals surface area contributed by atoms with Crippen LogP contribution in [0.4, 0.5) is 0 Å². The molecule has 0 aromatic heterocycles. The summed E-state index contributed by atoms with van der Waals surface area (Å²) in [6.07, 6.45) is 5.28. The molecule has 0 bridgehead atoms. The van der Waals surface area contributed by atoms with Gasteiger partial charge in [0.1, 0.15) is 4.91 Å². The highest BCUT2D eigenvalue weighted by Crippen LogP contribution is 2.25. The second kappa shape index (κ2) is 5.46. The van der Waals surface area contributed by atoms with E-state index in [4.69, 9.17) is 0 Å². The Labute approximate surface area is 122 Å². The third kappa shape index (κ3) is 2.66. The first-order valence-electron chi connectivity index (χ1n) is 6.29. The molecule has 6 heteroatoms. The van der Waals surface area contributed by atoms with Gasteiger partial charge in [-0.1, -0.05) is 30.3 Å². The summed E-state index contributed by atoms with van der Waals surface area (Å²) in [5.41, 5.74) is 0.790. The first-order chi connectivity index (χ1) is 9.67. The van der Waals surface area contributed by atoms with Crippen molar-refractivity contribution in [3.63, 3.8) is 0 Å². The number of rotatable bonds is 3. The van der Waals surface area contributed by atoms with Crippen molar-refractivity contribution in [2.24, 2.45) is 4.40 Å². The maximum absolute atomic E-state index is 12.6. The zero-order valence-corrected chi connectivity index (χ0v) is 12.4. The van der Waals surface area contributed by atoms with E-state index in [0.717, 1.165) is 17.9 Å². The van der Waals surface area contributed by atoms with Crippen LogP contribution >= 0.6 is 11.9 Å². The molecule has 2 heterocycles. The number of hydrogen-bond donors (Lipinski definition) is 0. The fourth-order valence-corrected chi connectivity index (χ4v) is 4.43. The molecule has 4 nitrogen and oxygen atoms in total. The summed E-state index contributed by atoms with van der Waals surface area (Å²) in [5, 5.41) is 0. The average molecular weight is 306 g/mol. The van der Waals surface area contributed by atoms with E-state index in [1.807, 2.05) is 41.4 Å². The van der Waals surface area contributed by atoms with Gasteiger partial charge >= 0.3 is 0 Å². The zero-order valence-electron chi connectivity index (χ0n) is 10.8. The number of amidine groups is 1. The lowest BCUT2D eigenvalue weighted by molar-refractivity contribution is 0.581. The van der Waals surface area contributed by atoms with Crippen LogP contribution in [0.1, 0.15) is 5.56 Å². The molecule has 0 unspecified atom stereocenters. The van der Waals surface area contributed by atoms with Gasteiger partial charge in [0, 0.05) is 18.5 Å². The molecular weight excluding hydrogens is 292 g/mol. The number of allylic oxidation sites excluding steroid dienone is 2. The second-order valence-electron chi connectivity index (χ2n) is 4.56. The molecule has 2 aliphatic rings. The quantitative estimate of drug-likeness (QED) is 0.805. The minimum Gasteiger partial charge on any atom is -0.331 e. The monoisotopic (exact) mass is 306 g/mol. The Morgan fingerprint density at radius 3 is 2.85 bits per heavy atom. The summed E-state index contributed by atoms with van der Waals surface area (Å²) in [5.74, 6) is 1.44. The van der Waals surface area contributed by atoms with Crippen molar-refractivity contribution in [1.29, 1.82) is 0 Å². The SMILES string of the molecule is O=S(=O)(Cc1ccccc1)C1=CC=CN2CCSN=C12. The van der Waals surface area contributed by atoms with Crippen LogP contribution in [0.25, 0.3) is 0 Å². The fraction of sp³-hybridized carbons (Fsp3) is 0.214. The zero-order chi connectivity index (χ0) is 14.0. The summed E-state index contributed by atoms with van der Waals surface area (Å²) in [6.45, 7) is 0.790. The molecule has 0 amide bonds. The molecule has 0 saturated heterocycles. The summed E-state index contributed by atoms with van der Waals surface area (Å²) in [7, 11) is -3.38. The third-order valence-corrected chi connectivity index (χ3v) is 5.48. The fourth-order valence-electron chi connectivity index (χ4n) is 2.16. The molecule has 0 atom stereocenters. The van der Waals surface area contributed by atoms with Crippen LogP contribution in [0, 0.1) is 0 Å². The molecule has 1 aromatic rings. The van der Waals surface area contributed by atoms with Crippen LogP contribution in [0.15, 0.2) is 58.0 Å². The molecule has 0 N–H and O–H groups in total. The van der Waals surface area contributed by atoms with Crippen LogP contribution in [0.2, 0.25) is 0 Å². The highest BCUT2D eigenvalue weighted by Gasteiger charge is 2.29. The number of fused-ring (bicyclic) bond motifs is 1. The first kappa shape index (κ1) is 13.5. The van der Waals surface area contributed by atoms with E-state index in [1.54, 1.807) is 12.2 Å². The minimum atomic E-state index is -3.38. The normalized spacial score (nSPS) is 18.3. The van der Waals surface area contributed by atoms with Crippen LogP contribution < -0.4 is 0 Å². The highest BCUT2D eigenvalue weighted by atomic mass is 32.2. The lowest BCUT2D eigenvalue weighted by Crippen LogP contribution is -2.35. The van der Waals surface area contributed by atoms with E-state index in [0.29, 0.717) is 10.7 Å². The van der Waals surface area contributed by atoms with Crippen molar-refractivity contribution >= 4 is 27.6 Å². The smallest absolute Gasteiger partial charge is 0.186 e. The van der Waals surface area contributed by atoms with Crippen LogP contribution in [-0.2, 0) is 15.6 Å². The molecule has 104 valence electrons.